The lowest BCUT2D eigenvalue weighted by Gasteiger charge is -2.08. The highest BCUT2D eigenvalue weighted by molar-refractivity contribution is 6.32. The third-order valence-corrected chi connectivity index (χ3v) is 3.09. The first-order chi connectivity index (χ1) is 10.3. The SMILES string of the molecule is Cc1ccc(Oc2ccc3nnc(C(F)(F)F)n3n2)c(Cl)c1. The van der Waals surface area contributed by atoms with E-state index in [1.807, 2.05) is 6.92 Å². The molecule has 5 nitrogen and oxygen atoms in total. The molecular formula is C13H8ClF3N4O. The molecule has 0 spiro atoms. The number of rotatable bonds is 2. The summed E-state index contributed by atoms with van der Waals surface area (Å²) in [5.41, 5.74) is 0.897. The third-order valence-electron chi connectivity index (χ3n) is 2.79. The van der Waals surface area contributed by atoms with Crippen molar-refractivity contribution in [2.45, 2.75) is 13.1 Å². The predicted octanol–water partition coefficient (Wildman–Crippen LogP) is 3.90. The Morgan fingerprint density at radius 1 is 1.14 bits per heavy atom. The van der Waals surface area contributed by atoms with Gasteiger partial charge >= 0.3 is 6.18 Å². The summed E-state index contributed by atoms with van der Waals surface area (Å²) in [7, 11) is 0. The van der Waals surface area contributed by atoms with Crippen LogP contribution in [0.2, 0.25) is 5.02 Å². The minimum Gasteiger partial charge on any atom is -0.436 e. The number of fused-ring (bicyclic) bond motifs is 1. The molecule has 2 aromatic heterocycles. The molecule has 0 saturated heterocycles. The molecule has 0 fully saturated rings. The highest BCUT2D eigenvalue weighted by atomic mass is 35.5. The van der Waals surface area contributed by atoms with E-state index < -0.39 is 12.0 Å². The topological polar surface area (TPSA) is 52.3 Å². The maximum atomic E-state index is 12.8. The number of hydrogen-bond acceptors (Lipinski definition) is 4. The van der Waals surface area contributed by atoms with Crippen molar-refractivity contribution in [2.24, 2.45) is 0 Å². The van der Waals surface area contributed by atoms with Crippen LogP contribution in [0.1, 0.15) is 11.4 Å². The van der Waals surface area contributed by atoms with Gasteiger partial charge in [-0.15, -0.1) is 15.3 Å². The van der Waals surface area contributed by atoms with Crippen LogP contribution in [0.15, 0.2) is 30.3 Å². The van der Waals surface area contributed by atoms with Crippen molar-refractivity contribution in [1.29, 1.82) is 0 Å². The Morgan fingerprint density at radius 2 is 1.91 bits per heavy atom. The van der Waals surface area contributed by atoms with Crippen molar-refractivity contribution in [3.05, 3.63) is 46.7 Å². The summed E-state index contributed by atoms with van der Waals surface area (Å²) in [5, 5.41) is 10.6. The first kappa shape index (κ1) is 14.6. The average Bonchev–Trinajstić information content (AvgIpc) is 2.85. The van der Waals surface area contributed by atoms with E-state index in [2.05, 4.69) is 15.3 Å². The summed E-state index contributed by atoms with van der Waals surface area (Å²) in [5.74, 6) is -0.979. The minimum atomic E-state index is -4.66. The van der Waals surface area contributed by atoms with Crippen LogP contribution < -0.4 is 4.74 Å². The average molecular weight is 329 g/mol. The number of nitrogens with zero attached hydrogens (tertiary/aromatic N) is 4. The molecule has 0 N–H and O–H groups in total. The van der Waals surface area contributed by atoms with E-state index in [4.69, 9.17) is 16.3 Å². The van der Waals surface area contributed by atoms with Gasteiger partial charge in [0.1, 0.15) is 5.75 Å². The van der Waals surface area contributed by atoms with E-state index in [0.717, 1.165) is 5.56 Å². The van der Waals surface area contributed by atoms with E-state index >= 15 is 0 Å². The summed E-state index contributed by atoms with van der Waals surface area (Å²) in [6.45, 7) is 1.85. The zero-order valence-electron chi connectivity index (χ0n) is 11.1. The minimum absolute atomic E-state index is 0.0327. The summed E-state index contributed by atoms with van der Waals surface area (Å²) >= 11 is 6.02. The highest BCUT2D eigenvalue weighted by Gasteiger charge is 2.37. The molecule has 9 heteroatoms. The number of ether oxygens (including phenoxy) is 1. The molecule has 0 saturated carbocycles. The molecule has 2 heterocycles. The second-order valence-corrected chi connectivity index (χ2v) is 4.91. The Labute approximate surface area is 127 Å². The van der Waals surface area contributed by atoms with Gasteiger partial charge in [0.05, 0.1) is 5.02 Å². The predicted molar refractivity (Wildman–Crippen MR) is 72.0 cm³/mol. The van der Waals surface area contributed by atoms with E-state index in [1.54, 1.807) is 18.2 Å². The van der Waals surface area contributed by atoms with Gasteiger partial charge in [-0.3, -0.25) is 0 Å². The van der Waals surface area contributed by atoms with Gasteiger partial charge in [-0.2, -0.15) is 17.7 Å². The first-order valence-corrected chi connectivity index (χ1v) is 6.46. The van der Waals surface area contributed by atoms with Crippen molar-refractivity contribution < 1.29 is 17.9 Å². The Balaban J connectivity index is 2.01. The third kappa shape index (κ3) is 2.69. The standard InChI is InChI=1S/C13H8ClF3N4O/c1-7-2-3-9(8(14)6-7)22-11-5-4-10-18-19-12(13(15,16)17)21(10)20-11/h2-6H,1H3. The van der Waals surface area contributed by atoms with Crippen LogP contribution in [0, 0.1) is 6.92 Å². The van der Waals surface area contributed by atoms with Gasteiger partial charge in [0, 0.05) is 6.07 Å². The molecule has 114 valence electrons. The number of hydrogen-bond donors (Lipinski definition) is 0. The van der Waals surface area contributed by atoms with Crippen LogP contribution in [0.25, 0.3) is 5.65 Å². The van der Waals surface area contributed by atoms with Crippen molar-refractivity contribution in [2.75, 3.05) is 0 Å². The summed E-state index contributed by atoms with van der Waals surface area (Å²) in [4.78, 5) is 0. The molecule has 0 aliphatic rings. The van der Waals surface area contributed by atoms with Gasteiger partial charge in [0.15, 0.2) is 5.65 Å². The largest absolute Gasteiger partial charge is 0.453 e. The Bertz CT molecular complexity index is 847. The number of benzene rings is 1. The lowest BCUT2D eigenvalue weighted by atomic mass is 10.2. The van der Waals surface area contributed by atoms with Gasteiger partial charge in [-0.1, -0.05) is 17.7 Å². The molecular weight excluding hydrogens is 321 g/mol. The molecule has 0 aliphatic carbocycles. The summed E-state index contributed by atoms with van der Waals surface area (Å²) in [6.07, 6.45) is -4.66. The van der Waals surface area contributed by atoms with Crippen LogP contribution in [-0.2, 0) is 6.18 Å². The van der Waals surface area contributed by atoms with Gasteiger partial charge < -0.3 is 4.74 Å². The van der Waals surface area contributed by atoms with E-state index in [1.165, 1.54) is 12.1 Å². The maximum Gasteiger partial charge on any atom is 0.453 e. The molecule has 0 bridgehead atoms. The quantitative estimate of drug-likeness (QED) is 0.716. The fourth-order valence-corrected chi connectivity index (χ4v) is 2.08. The van der Waals surface area contributed by atoms with E-state index in [0.29, 0.717) is 15.3 Å². The molecule has 1 aromatic carbocycles. The molecule has 0 radical (unpaired) electrons. The molecule has 0 aliphatic heterocycles. The van der Waals surface area contributed by atoms with Crippen molar-refractivity contribution in [1.82, 2.24) is 19.8 Å². The normalized spacial score (nSPS) is 11.9. The van der Waals surface area contributed by atoms with Crippen LogP contribution in [-0.4, -0.2) is 19.8 Å². The van der Waals surface area contributed by atoms with E-state index in [-0.39, 0.29) is 11.5 Å². The fourth-order valence-electron chi connectivity index (χ4n) is 1.80. The van der Waals surface area contributed by atoms with E-state index in [9.17, 15) is 13.2 Å². The first-order valence-electron chi connectivity index (χ1n) is 6.08. The molecule has 22 heavy (non-hydrogen) atoms. The Morgan fingerprint density at radius 3 is 2.59 bits per heavy atom. The molecule has 3 aromatic rings. The summed E-state index contributed by atoms with van der Waals surface area (Å²) in [6, 6.07) is 7.77. The lowest BCUT2D eigenvalue weighted by molar-refractivity contribution is -0.146. The molecule has 3 rings (SSSR count). The number of alkyl halides is 3. The monoisotopic (exact) mass is 328 g/mol. The van der Waals surface area contributed by atoms with Crippen LogP contribution in [0.5, 0.6) is 11.6 Å². The van der Waals surface area contributed by atoms with Crippen molar-refractivity contribution in [3.8, 4) is 11.6 Å². The molecule has 0 unspecified atom stereocenters. The van der Waals surface area contributed by atoms with Gasteiger partial charge in [-0.05, 0) is 30.7 Å². The number of aromatic nitrogens is 4. The fraction of sp³-hybridized carbons (Fsp3) is 0.154. The van der Waals surface area contributed by atoms with Crippen LogP contribution in [0.4, 0.5) is 13.2 Å². The number of halogens is 4. The zero-order valence-corrected chi connectivity index (χ0v) is 11.9. The van der Waals surface area contributed by atoms with Crippen LogP contribution >= 0.6 is 11.6 Å². The summed E-state index contributed by atoms with van der Waals surface area (Å²) < 4.78 is 44.4. The Kier molecular flexibility index (Phi) is 3.40. The van der Waals surface area contributed by atoms with Crippen LogP contribution in [0.3, 0.4) is 0 Å². The zero-order chi connectivity index (χ0) is 15.9. The van der Waals surface area contributed by atoms with Gasteiger partial charge in [0.2, 0.25) is 5.88 Å². The Hall–Kier alpha value is -2.35. The lowest BCUT2D eigenvalue weighted by Crippen LogP contribution is -2.12. The maximum absolute atomic E-state index is 12.8. The van der Waals surface area contributed by atoms with Gasteiger partial charge in [0.25, 0.3) is 5.82 Å². The molecule has 0 atom stereocenters. The number of aryl methyl sites for hydroxylation is 1. The van der Waals surface area contributed by atoms with Gasteiger partial charge in [-0.25, -0.2) is 0 Å². The second-order valence-electron chi connectivity index (χ2n) is 4.50. The second kappa shape index (κ2) is 5.13. The highest BCUT2D eigenvalue weighted by Crippen LogP contribution is 2.31. The van der Waals surface area contributed by atoms with Crippen molar-refractivity contribution in [3.63, 3.8) is 0 Å². The van der Waals surface area contributed by atoms with Crippen molar-refractivity contribution >= 4 is 17.2 Å². The smallest absolute Gasteiger partial charge is 0.436 e. The molecule has 0 amide bonds.